The van der Waals surface area contributed by atoms with Crippen molar-refractivity contribution in [3.05, 3.63) is 11.8 Å². The van der Waals surface area contributed by atoms with Crippen LogP contribution in [0.4, 0.5) is 5.82 Å². The number of amides is 1. The first-order chi connectivity index (χ1) is 7.72. The lowest BCUT2D eigenvalue weighted by Crippen LogP contribution is -2.27. The van der Waals surface area contributed by atoms with E-state index in [4.69, 9.17) is 10.4 Å². The standard InChI is InChI=1S/C9H13N5O2/c1-11-6-8(16)13-9-7(4-10)5-12-14(9)2-3-15/h5,11,15H,2-3,6H2,1H3,(H,13,16). The van der Waals surface area contributed by atoms with Crippen molar-refractivity contribution in [3.8, 4) is 6.07 Å². The van der Waals surface area contributed by atoms with Gasteiger partial charge in [0.25, 0.3) is 0 Å². The molecule has 7 nitrogen and oxygen atoms in total. The van der Waals surface area contributed by atoms with Gasteiger partial charge in [0.15, 0.2) is 0 Å². The van der Waals surface area contributed by atoms with Crippen molar-refractivity contribution in [2.24, 2.45) is 0 Å². The smallest absolute Gasteiger partial charge is 0.239 e. The van der Waals surface area contributed by atoms with Gasteiger partial charge in [-0.05, 0) is 7.05 Å². The molecule has 1 amide bonds. The van der Waals surface area contributed by atoms with Crippen molar-refractivity contribution >= 4 is 11.7 Å². The Kier molecular flexibility index (Phi) is 4.44. The molecule has 1 rings (SSSR count). The molecule has 0 spiro atoms. The number of nitrogens with one attached hydrogen (secondary N) is 2. The average Bonchev–Trinajstić information content (AvgIpc) is 2.62. The van der Waals surface area contributed by atoms with Crippen molar-refractivity contribution in [2.45, 2.75) is 6.54 Å². The van der Waals surface area contributed by atoms with E-state index in [1.54, 1.807) is 7.05 Å². The fourth-order valence-electron chi connectivity index (χ4n) is 1.20. The molecular weight excluding hydrogens is 210 g/mol. The number of hydrogen-bond acceptors (Lipinski definition) is 5. The highest BCUT2D eigenvalue weighted by Crippen LogP contribution is 2.13. The predicted molar refractivity (Wildman–Crippen MR) is 56.6 cm³/mol. The summed E-state index contributed by atoms with van der Waals surface area (Å²) >= 11 is 0. The quantitative estimate of drug-likeness (QED) is 0.588. The second-order valence-electron chi connectivity index (χ2n) is 3.04. The Balaban J connectivity index is 2.87. The van der Waals surface area contributed by atoms with Crippen molar-refractivity contribution in [1.29, 1.82) is 5.26 Å². The van der Waals surface area contributed by atoms with Crippen LogP contribution in [-0.2, 0) is 11.3 Å². The second-order valence-corrected chi connectivity index (χ2v) is 3.04. The third kappa shape index (κ3) is 2.79. The summed E-state index contributed by atoms with van der Waals surface area (Å²) in [6.07, 6.45) is 1.35. The molecule has 1 aromatic rings. The minimum atomic E-state index is -0.265. The molecular formula is C9H13N5O2. The van der Waals surface area contributed by atoms with E-state index >= 15 is 0 Å². The molecule has 1 aromatic heterocycles. The maximum Gasteiger partial charge on any atom is 0.239 e. The van der Waals surface area contributed by atoms with Gasteiger partial charge in [-0.1, -0.05) is 0 Å². The summed E-state index contributed by atoms with van der Waals surface area (Å²) < 4.78 is 1.38. The van der Waals surface area contributed by atoms with Crippen LogP contribution in [0.3, 0.4) is 0 Å². The highest BCUT2D eigenvalue weighted by Gasteiger charge is 2.12. The molecule has 1 heterocycles. The van der Waals surface area contributed by atoms with Crippen LogP contribution in [0.2, 0.25) is 0 Å². The summed E-state index contributed by atoms with van der Waals surface area (Å²) in [6.45, 7) is 0.271. The number of anilines is 1. The molecule has 0 aliphatic heterocycles. The highest BCUT2D eigenvalue weighted by molar-refractivity contribution is 5.92. The minimum absolute atomic E-state index is 0.110. The van der Waals surface area contributed by atoms with Gasteiger partial charge in [0, 0.05) is 0 Å². The zero-order valence-corrected chi connectivity index (χ0v) is 8.90. The molecule has 0 fully saturated rings. The largest absolute Gasteiger partial charge is 0.394 e. The number of carbonyl (C=O) groups is 1. The first-order valence-corrected chi connectivity index (χ1v) is 4.74. The molecule has 0 saturated heterocycles. The van der Waals surface area contributed by atoms with Crippen LogP contribution < -0.4 is 10.6 Å². The Morgan fingerprint density at radius 3 is 3.06 bits per heavy atom. The monoisotopic (exact) mass is 223 g/mol. The summed E-state index contributed by atoms with van der Waals surface area (Å²) in [6, 6.07) is 1.92. The van der Waals surface area contributed by atoms with Gasteiger partial charge in [-0.25, -0.2) is 4.68 Å². The predicted octanol–water partition coefficient (Wildman–Crippen LogP) is -1.10. The molecule has 0 aliphatic rings. The molecule has 16 heavy (non-hydrogen) atoms. The fourth-order valence-corrected chi connectivity index (χ4v) is 1.20. The van der Waals surface area contributed by atoms with E-state index in [1.807, 2.05) is 6.07 Å². The van der Waals surface area contributed by atoms with Gasteiger partial charge in [0.05, 0.1) is 25.9 Å². The van der Waals surface area contributed by atoms with E-state index in [9.17, 15) is 4.79 Å². The first kappa shape index (κ1) is 12.2. The van der Waals surface area contributed by atoms with Gasteiger partial charge in [0.2, 0.25) is 5.91 Å². The summed E-state index contributed by atoms with van der Waals surface area (Å²) in [5.74, 6) is 0.0514. The Morgan fingerprint density at radius 1 is 1.75 bits per heavy atom. The normalized spacial score (nSPS) is 9.81. The van der Waals surface area contributed by atoms with E-state index < -0.39 is 0 Å². The minimum Gasteiger partial charge on any atom is -0.394 e. The average molecular weight is 223 g/mol. The second kappa shape index (κ2) is 5.85. The molecule has 0 aromatic carbocycles. The van der Waals surface area contributed by atoms with Crippen molar-refractivity contribution in [1.82, 2.24) is 15.1 Å². The lowest BCUT2D eigenvalue weighted by Gasteiger charge is -2.07. The highest BCUT2D eigenvalue weighted by atomic mass is 16.3. The van der Waals surface area contributed by atoms with Crippen LogP contribution in [0.1, 0.15) is 5.56 Å². The molecule has 86 valence electrons. The number of nitrogens with zero attached hydrogens (tertiary/aromatic N) is 3. The lowest BCUT2D eigenvalue weighted by molar-refractivity contribution is -0.115. The van der Waals surface area contributed by atoms with E-state index in [0.29, 0.717) is 5.82 Å². The van der Waals surface area contributed by atoms with Crippen molar-refractivity contribution < 1.29 is 9.90 Å². The maximum atomic E-state index is 11.3. The van der Waals surface area contributed by atoms with Crippen molar-refractivity contribution in [3.63, 3.8) is 0 Å². The van der Waals surface area contributed by atoms with Gasteiger partial charge in [-0.15, -0.1) is 0 Å². The first-order valence-electron chi connectivity index (χ1n) is 4.74. The third-order valence-electron chi connectivity index (χ3n) is 1.87. The van der Waals surface area contributed by atoms with E-state index in [0.717, 1.165) is 0 Å². The Hall–Kier alpha value is -1.91. The number of rotatable bonds is 5. The zero-order chi connectivity index (χ0) is 12.0. The molecule has 0 atom stereocenters. The van der Waals surface area contributed by atoms with Gasteiger partial charge in [0.1, 0.15) is 17.5 Å². The van der Waals surface area contributed by atoms with Gasteiger partial charge >= 0.3 is 0 Å². The zero-order valence-electron chi connectivity index (χ0n) is 8.90. The lowest BCUT2D eigenvalue weighted by atomic mass is 10.3. The Morgan fingerprint density at radius 2 is 2.50 bits per heavy atom. The Labute approximate surface area is 92.7 Å². The van der Waals surface area contributed by atoms with Crippen LogP contribution in [0.15, 0.2) is 6.20 Å². The van der Waals surface area contributed by atoms with Crippen LogP contribution in [0, 0.1) is 11.3 Å². The Bertz CT molecular complexity index is 407. The molecule has 0 radical (unpaired) electrons. The van der Waals surface area contributed by atoms with Crippen molar-refractivity contribution in [2.75, 3.05) is 25.5 Å². The van der Waals surface area contributed by atoms with Gasteiger partial charge < -0.3 is 15.7 Å². The van der Waals surface area contributed by atoms with Crippen LogP contribution >= 0.6 is 0 Å². The number of likely N-dealkylation sites (N-methyl/N-ethyl adjacent to an activating group) is 1. The molecule has 0 saturated carbocycles. The summed E-state index contributed by atoms with van der Waals surface area (Å²) in [5, 5.41) is 26.7. The number of aliphatic hydroxyl groups excluding tert-OH is 1. The van der Waals surface area contributed by atoms with E-state index in [-0.39, 0.29) is 31.2 Å². The summed E-state index contributed by atoms with van der Waals surface area (Å²) in [5.41, 5.74) is 0.276. The molecule has 0 bridgehead atoms. The molecule has 0 unspecified atom stereocenters. The number of aromatic nitrogens is 2. The number of aliphatic hydroxyl groups is 1. The summed E-state index contributed by atoms with van der Waals surface area (Å²) in [7, 11) is 1.65. The van der Waals surface area contributed by atoms with E-state index in [1.165, 1.54) is 10.9 Å². The van der Waals surface area contributed by atoms with Gasteiger partial charge in [-0.2, -0.15) is 10.4 Å². The van der Waals surface area contributed by atoms with E-state index in [2.05, 4.69) is 15.7 Å². The molecule has 7 heteroatoms. The number of nitriles is 1. The maximum absolute atomic E-state index is 11.3. The van der Waals surface area contributed by atoms with Crippen LogP contribution in [-0.4, -0.2) is 41.0 Å². The van der Waals surface area contributed by atoms with Crippen LogP contribution in [0.5, 0.6) is 0 Å². The topological polar surface area (TPSA) is 103 Å². The number of hydrogen-bond donors (Lipinski definition) is 3. The third-order valence-corrected chi connectivity index (χ3v) is 1.87. The fraction of sp³-hybridized carbons (Fsp3) is 0.444. The summed E-state index contributed by atoms with van der Waals surface area (Å²) in [4.78, 5) is 11.3. The van der Waals surface area contributed by atoms with Crippen LogP contribution in [0.25, 0.3) is 0 Å². The molecule has 0 aliphatic carbocycles. The SMILES string of the molecule is CNCC(=O)Nc1c(C#N)cnn1CCO. The van der Waals surface area contributed by atoms with Gasteiger partial charge in [-0.3, -0.25) is 4.79 Å². The molecule has 3 N–H and O–H groups in total. The number of carbonyl (C=O) groups excluding carboxylic acids is 1.